The van der Waals surface area contributed by atoms with Crippen LogP contribution in [-0.4, -0.2) is 20.6 Å². The Hall–Kier alpha value is -2.18. The van der Waals surface area contributed by atoms with Crippen LogP contribution in [-0.2, 0) is 18.4 Å². The first kappa shape index (κ1) is 16.2. The average Bonchev–Trinajstić information content (AvgIpc) is 2.72. The van der Waals surface area contributed by atoms with Gasteiger partial charge in [-0.25, -0.2) is 4.98 Å². The number of nitrogens with two attached hydrogens (primary N) is 1. The molecule has 2 rings (SSSR count). The molecule has 1 aromatic heterocycles. The van der Waals surface area contributed by atoms with Crippen LogP contribution in [0.1, 0.15) is 11.4 Å². The van der Waals surface area contributed by atoms with E-state index in [0.29, 0.717) is 28.8 Å². The normalized spacial score (nSPS) is 11.5. The summed E-state index contributed by atoms with van der Waals surface area (Å²) in [5.74, 6) is -0.315. The summed E-state index contributed by atoms with van der Waals surface area (Å²) >= 11 is 11.8. The summed E-state index contributed by atoms with van der Waals surface area (Å²) in [4.78, 5) is 15.0. The zero-order chi connectivity index (χ0) is 16.3. The molecule has 2 aromatic rings. The Morgan fingerprint density at radius 2 is 2.14 bits per heavy atom. The second kappa shape index (κ2) is 6.72. The monoisotopic (exact) mass is 340 g/mol. The smallest absolute Gasteiger partial charge is 0.245 e. The van der Waals surface area contributed by atoms with Crippen molar-refractivity contribution >= 4 is 40.6 Å². The number of halogens is 2. The number of benzene rings is 1. The maximum atomic E-state index is 10.9. The molecule has 0 saturated heterocycles. The van der Waals surface area contributed by atoms with Gasteiger partial charge in [0.1, 0.15) is 16.7 Å². The number of aliphatic hydroxyl groups is 1. The van der Waals surface area contributed by atoms with Gasteiger partial charge >= 0.3 is 0 Å². The molecule has 22 heavy (non-hydrogen) atoms. The van der Waals surface area contributed by atoms with Crippen LogP contribution >= 0.6 is 23.2 Å². The topological polar surface area (TPSA) is 93.2 Å². The van der Waals surface area contributed by atoms with Gasteiger partial charge in [-0.3, -0.25) is 4.79 Å². The number of anilines is 1. The van der Waals surface area contributed by atoms with Crippen LogP contribution in [0, 0.1) is 0 Å². The summed E-state index contributed by atoms with van der Waals surface area (Å²) in [6.07, 6.45) is 0.953. The van der Waals surface area contributed by atoms with E-state index in [1.165, 1.54) is 0 Å². The lowest BCUT2D eigenvalue weighted by Crippen LogP contribution is -2.09. The lowest BCUT2D eigenvalue weighted by atomic mass is 10.1. The molecule has 0 radical (unpaired) electrons. The van der Waals surface area contributed by atoms with Crippen LogP contribution in [0.2, 0.25) is 10.3 Å². The number of aliphatic hydroxyl groups excluding tert-OH is 1. The molecule has 8 heteroatoms. The Balaban J connectivity index is 2.23. The minimum absolute atomic E-state index is 0.216. The highest BCUT2D eigenvalue weighted by Gasteiger charge is 2.12. The number of aromatic nitrogens is 2. The number of para-hydroxylation sites is 1. The van der Waals surface area contributed by atoms with Gasteiger partial charge in [-0.05, 0) is 12.1 Å². The van der Waals surface area contributed by atoms with Gasteiger partial charge in [-0.2, -0.15) is 0 Å². The fraction of sp³-hybridized carbons (Fsp3) is 0.143. The summed E-state index contributed by atoms with van der Waals surface area (Å²) in [5, 5.41) is 13.6. The van der Waals surface area contributed by atoms with Gasteiger partial charge in [0.15, 0.2) is 5.15 Å². The highest BCUT2D eigenvalue weighted by atomic mass is 35.5. The van der Waals surface area contributed by atoms with Crippen LogP contribution in [0.15, 0.2) is 30.3 Å². The van der Waals surface area contributed by atoms with E-state index in [-0.39, 0.29) is 10.9 Å². The van der Waals surface area contributed by atoms with Gasteiger partial charge in [-0.1, -0.05) is 35.3 Å². The predicted octanol–water partition coefficient (Wildman–Crippen LogP) is 2.72. The molecule has 0 aliphatic carbocycles. The third-order valence-corrected chi connectivity index (χ3v) is 3.79. The van der Waals surface area contributed by atoms with E-state index < -0.39 is 5.91 Å². The molecule has 0 bridgehead atoms. The first-order valence-electron chi connectivity index (χ1n) is 6.30. The summed E-state index contributed by atoms with van der Waals surface area (Å²) in [5.41, 5.74) is 6.12. The number of primary amides is 1. The van der Waals surface area contributed by atoms with Crippen molar-refractivity contribution < 1.29 is 9.90 Å². The van der Waals surface area contributed by atoms with E-state index in [9.17, 15) is 9.90 Å². The molecule has 1 heterocycles. The van der Waals surface area contributed by atoms with Gasteiger partial charge in [0.2, 0.25) is 5.91 Å². The van der Waals surface area contributed by atoms with Crippen LogP contribution in [0.4, 0.5) is 5.69 Å². The zero-order valence-electron chi connectivity index (χ0n) is 11.7. The van der Waals surface area contributed by atoms with Crippen LogP contribution in [0.3, 0.4) is 0 Å². The van der Waals surface area contributed by atoms with Gasteiger partial charge < -0.3 is 20.7 Å². The quantitative estimate of drug-likeness (QED) is 0.576. The summed E-state index contributed by atoms with van der Waals surface area (Å²) in [6.45, 7) is 0.337. The number of nitrogens with zero attached hydrogens (tertiary/aromatic N) is 2. The molecular formula is C14H14Cl2N4O2. The van der Waals surface area contributed by atoms with E-state index in [1.54, 1.807) is 35.9 Å². The number of carbonyl (C=O) groups excluding carboxylic acids is 1. The molecule has 0 fully saturated rings. The third-order valence-electron chi connectivity index (χ3n) is 3.00. The largest absolute Gasteiger partial charge is 0.507 e. The number of hydrogen-bond acceptors (Lipinski definition) is 4. The highest BCUT2D eigenvalue weighted by molar-refractivity contribution is 6.40. The van der Waals surface area contributed by atoms with Gasteiger partial charge in [-0.15, -0.1) is 0 Å². The second-order valence-electron chi connectivity index (χ2n) is 4.50. The van der Waals surface area contributed by atoms with Gasteiger partial charge in [0.05, 0.1) is 6.54 Å². The molecule has 6 nitrogen and oxygen atoms in total. The van der Waals surface area contributed by atoms with Crippen molar-refractivity contribution in [2.75, 3.05) is 5.32 Å². The number of carbonyl (C=O) groups is 1. The fourth-order valence-corrected chi connectivity index (χ4v) is 2.26. The maximum Gasteiger partial charge on any atom is 0.245 e. The van der Waals surface area contributed by atoms with Crippen LogP contribution < -0.4 is 11.1 Å². The van der Waals surface area contributed by atoms with Crippen molar-refractivity contribution in [2.45, 2.75) is 6.54 Å². The Labute approximate surface area is 137 Å². The van der Waals surface area contributed by atoms with Crippen molar-refractivity contribution in [2.24, 2.45) is 12.8 Å². The number of nitrogens with one attached hydrogen (secondary N) is 1. The Bertz CT molecular complexity index is 740. The van der Waals surface area contributed by atoms with Crippen LogP contribution in [0.25, 0.3) is 5.76 Å². The SMILES string of the molecule is Cn1c(CNc2ccccc2C(O)=CC(N)=O)nc(Cl)c1Cl. The molecular weight excluding hydrogens is 327 g/mol. The Kier molecular flexibility index (Phi) is 4.95. The number of rotatable bonds is 5. The Morgan fingerprint density at radius 3 is 2.73 bits per heavy atom. The molecule has 4 N–H and O–H groups in total. The zero-order valence-corrected chi connectivity index (χ0v) is 13.2. The van der Waals surface area contributed by atoms with Gasteiger partial charge in [0.25, 0.3) is 0 Å². The molecule has 1 amide bonds. The number of amides is 1. The summed E-state index contributed by atoms with van der Waals surface area (Å²) in [6, 6.07) is 6.95. The second-order valence-corrected chi connectivity index (χ2v) is 5.22. The van der Waals surface area contributed by atoms with E-state index in [2.05, 4.69) is 10.3 Å². The minimum atomic E-state index is -0.727. The van der Waals surface area contributed by atoms with E-state index in [4.69, 9.17) is 28.9 Å². The Morgan fingerprint density at radius 1 is 1.45 bits per heavy atom. The standard InChI is InChI=1S/C14H14Cl2N4O2/c1-20-12(19-13(15)14(20)16)7-18-9-5-3-2-4-8(9)10(21)6-11(17)22/h2-6,18,21H,7H2,1H3,(H2,17,22). The first-order chi connectivity index (χ1) is 10.4. The third kappa shape index (κ3) is 3.52. The molecule has 116 valence electrons. The van der Waals surface area contributed by atoms with Crippen LogP contribution in [0.5, 0.6) is 0 Å². The average molecular weight is 341 g/mol. The first-order valence-corrected chi connectivity index (χ1v) is 7.05. The van der Waals surface area contributed by atoms with Crippen molar-refractivity contribution in [3.63, 3.8) is 0 Å². The molecule has 0 aliphatic rings. The lowest BCUT2D eigenvalue weighted by molar-refractivity contribution is -0.113. The molecule has 1 aromatic carbocycles. The number of imidazole rings is 1. The lowest BCUT2D eigenvalue weighted by Gasteiger charge is -2.11. The minimum Gasteiger partial charge on any atom is -0.507 e. The maximum absolute atomic E-state index is 10.9. The molecule has 0 aliphatic heterocycles. The molecule has 0 saturated carbocycles. The van der Waals surface area contributed by atoms with E-state index >= 15 is 0 Å². The van der Waals surface area contributed by atoms with E-state index in [1.807, 2.05) is 0 Å². The fourth-order valence-electron chi connectivity index (χ4n) is 1.89. The van der Waals surface area contributed by atoms with Gasteiger partial charge in [0, 0.05) is 24.4 Å². The summed E-state index contributed by atoms with van der Waals surface area (Å²) in [7, 11) is 1.74. The summed E-state index contributed by atoms with van der Waals surface area (Å²) < 4.78 is 1.65. The predicted molar refractivity (Wildman–Crippen MR) is 86.8 cm³/mol. The van der Waals surface area contributed by atoms with Crippen molar-refractivity contribution in [1.82, 2.24) is 9.55 Å². The molecule has 0 spiro atoms. The van der Waals surface area contributed by atoms with Crippen molar-refractivity contribution in [3.05, 3.63) is 52.0 Å². The molecule has 0 atom stereocenters. The number of hydrogen-bond donors (Lipinski definition) is 3. The van der Waals surface area contributed by atoms with Crippen molar-refractivity contribution in [1.29, 1.82) is 0 Å². The van der Waals surface area contributed by atoms with Crippen molar-refractivity contribution in [3.8, 4) is 0 Å². The molecule has 0 unspecified atom stereocenters. The van der Waals surface area contributed by atoms with E-state index in [0.717, 1.165) is 6.08 Å². The highest BCUT2D eigenvalue weighted by Crippen LogP contribution is 2.24.